The van der Waals surface area contributed by atoms with Crippen LogP contribution in [0.5, 0.6) is 11.5 Å². The zero-order chi connectivity index (χ0) is 48.4. The molecule has 0 spiro atoms. The standard InChI is InChI=1S/C68H41O4P/c69-73(70)71-67-59(63-55-29-13-9-25-51(55)61(52-26-10-14-30-56(52)63)47-35-33-41-17-1-3-19-43(41)37-47)39-45-21-5-7-23-49(45)65(67)66-50-24-8-6-22-46(50)40-60(68(66)72-73)64-57-31-15-11-27-53(57)62(54-28-12-16-32-58(54)64)48-36-34-42-18-2-4-20-44(42)38-48/h1-40H,(H,69,70). The van der Waals surface area contributed by atoms with Crippen molar-refractivity contribution in [2.75, 3.05) is 0 Å². The summed E-state index contributed by atoms with van der Waals surface area (Å²) in [5.74, 6) is 0.585. The fourth-order valence-electron chi connectivity index (χ4n) is 12.1. The Labute approximate surface area is 420 Å². The fraction of sp³-hybridized carbons (Fsp3) is 0. The predicted molar refractivity (Wildman–Crippen MR) is 305 cm³/mol. The summed E-state index contributed by atoms with van der Waals surface area (Å²) in [6.45, 7) is 0. The average Bonchev–Trinajstić information content (AvgIpc) is 3.56. The molecule has 0 radical (unpaired) electrons. The zero-order valence-corrected chi connectivity index (χ0v) is 40.1. The summed E-state index contributed by atoms with van der Waals surface area (Å²) in [6.07, 6.45) is 0. The Bertz CT molecular complexity index is 4330. The molecule has 14 aromatic carbocycles. The lowest BCUT2D eigenvalue weighted by Gasteiger charge is -2.22. The Morgan fingerprint density at radius 1 is 0.260 bits per heavy atom. The number of phosphoric ester groups is 1. The van der Waals surface area contributed by atoms with E-state index in [0.717, 1.165) is 109 Å². The SMILES string of the molecule is O=P1(O)Oc2c(-c3c4ccccc4c(-c4ccc5ccccc5c4)c4ccccc34)cc3ccccc3c2-c2c(c(-c3c4ccccc4c(-c4ccc5ccccc5c4)c4ccccc34)cc3ccccc23)O1. The Morgan fingerprint density at radius 3 is 0.877 bits per heavy atom. The van der Waals surface area contributed by atoms with Gasteiger partial charge in [-0.3, -0.25) is 4.89 Å². The van der Waals surface area contributed by atoms with Crippen LogP contribution in [0.2, 0.25) is 0 Å². The van der Waals surface area contributed by atoms with E-state index in [0.29, 0.717) is 33.8 Å². The van der Waals surface area contributed by atoms with Gasteiger partial charge in [-0.15, -0.1) is 0 Å². The molecule has 1 aliphatic heterocycles. The van der Waals surface area contributed by atoms with Gasteiger partial charge in [-0.25, -0.2) is 4.57 Å². The van der Waals surface area contributed by atoms with E-state index in [-0.39, 0.29) is 0 Å². The van der Waals surface area contributed by atoms with Gasteiger partial charge >= 0.3 is 7.82 Å². The number of rotatable bonds is 4. The van der Waals surface area contributed by atoms with Crippen LogP contribution in [0.25, 0.3) is 142 Å². The van der Waals surface area contributed by atoms with Crippen molar-refractivity contribution in [2.45, 2.75) is 0 Å². The first-order valence-electron chi connectivity index (χ1n) is 24.7. The second-order valence-corrected chi connectivity index (χ2v) is 20.5. The van der Waals surface area contributed by atoms with Crippen molar-refractivity contribution >= 4 is 94.0 Å². The van der Waals surface area contributed by atoms with Gasteiger partial charge in [-0.05, 0) is 133 Å². The molecule has 1 heterocycles. The minimum Gasteiger partial charge on any atom is -0.394 e. The van der Waals surface area contributed by atoms with Gasteiger partial charge in [-0.1, -0.05) is 218 Å². The number of hydrogen-bond donors (Lipinski definition) is 1. The smallest absolute Gasteiger partial charge is 0.394 e. The number of benzene rings is 14. The van der Waals surface area contributed by atoms with Gasteiger partial charge in [0.15, 0.2) is 0 Å². The summed E-state index contributed by atoms with van der Waals surface area (Å²) in [6, 6.07) is 85.1. The van der Waals surface area contributed by atoms with E-state index in [2.05, 4.69) is 218 Å². The Hall–Kier alpha value is -9.05. The molecular weight excluding hydrogens is 912 g/mol. The minimum absolute atomic E-state index is 0.292. The molecule has 0 saturated carbocycles. The van der Waals surface area contributed by atoms with Gasteiger partial charge < -0.3 is 9.05 Å². The lowest BCUT2D eigenvalue weighted by atomic mass is 9.81. The van der Waals surface area contributed by atoms with E-state index >= 15 is 4.57 Å². The van der Waals surface area contributed by atoms with Crippen LogP contribution in [0.4, 0.5) is 0 Å². The first-order chi connectivity index (χ1) is 36.0. The normalized spacial score (nSPS) is 13.1. The summed E-state index contributed by atoms with van der Waals surface area (Å²) in [4.78, 5) is 12.5. The highest BCUT2D eigenvalue weighted by Gasteiger charge is 2.39. The van der Waals surface area contributed by atoms with Crippen LogP contribution in [-0.2, 0) is 4.57 Å². The molecule has 15 rings (SSSR count). The maximum absolute atomic E-state index is 15.3. The fourth-order valence-corrected chi connectivity index (χ4v) is 13.0. The van der Waals surface area contributed by atoms with Crippen molar-refractivity contribution in [1.82, 2.24) is 0 Å². The molecule has 4 nitrogen and oxygen atoms in total. The molecule has 0 aromatic heterocycles. The van der Waals surface area contributed by atoms with E-state index < -0.39 is 7.82 Å². The zero-order valence-electron chi connectivity index (χ0n) is 39.2. The molecule has 0 aliphatic carbocycles. The Balaban J connectivity index is 1.07. The van der Waals surface area contributed by atoms with Gasteiger partial charge in [-0.2, -0.15) is 0 Å². The van der Waals surface area contributed by atoms with Gasteiger partial charge in [0.2, 0.25) is 0 Å². The maximum atomic E-state index is 15.3. The summed E-state index contributed by atoms with van der Waals surface area (Å²) in [5.41, 5.74) is 9.06. The molecular formula is C68H41O4P. The molecule has 0 amide bonds. The van der Waals surface area contributed by atoms with Gasteiger partial charge in [0.25, 0.3) is 0 Å². The monoisotopic (exact) mass is 952 g/mol. The molecule has 73 heavy (non-hydrogen) atoms. The molecule has 0 fully saturated rings. The van der Waals surface area contributed by atoms with E-state index in [1.807, 2.05) is 24.3 Å². The van der Waals surface area contributed by atoms with Crippen LogP contribution in [0, 0.1) is 0 Å². The average molecular weight is 953 g/mol. The van der Waals surface area contributed by atoms with Crippen LogP contribution in [-0.4, -0.2) is 4.89 Å². The molecule has 14 aromatic rings. The maximum Gasteiger partial charge on any atom is 0.584 e. The first kappa shape index (κ1) is 41.7. The summed E-state index contributed by atoms with van der Waals surface area (Å²) in [7, 11) is -4.95. The number of fused-ring (bicyclic) bond motifs is 13. The van der Waals surface area contributed by atoms with Crippen molar-refractivity contribution in [1.29, 1.82) is 0 Å². The van der Waals surface area contributed by atoms with Crippen molar-refractivity contribution < 1.29 is 18.5 Å². The van der Waals surface area contributed by atoms with Crippen molar-refractivity contribution in [2.24, 2.45) is 0 Å². The number of hydrogen-bond acceptors (Lipinski definition) is 3. The Kier molecular flexibility index (Phi) is 9.13. The summed E-state index contributed by atoms with van der Waals surface area (Å²) >= 11 is 0. The Morgan fingerprint density at radius 2 is 0.534 bits per heavy atom. The van der Waals surface area contributed by atoms with Crippen molar-refractivity contribution in [3.63, 3.8) is 0 Å². The molecule has 5 heteroatoms. The highest BCUT2D eigenvalue weighted by molar-refractivity contribution is 7.48. The van der Waals surface area contributed by atoms with Crippen molar-refractivity contribution in [3.8, 4) is 67.1 Å². The van der Waals surface area contributed by atoms with Crippen molar-refractivity contribution in [3.05, 3.63) is 243 Å². The topological polar surface area (TPSA) is 55.8 Å². The molecule has 342 valence electrons. The third-order valence-corrected chi connectivity index (χ3v) is 16.0. The molecule has 1 aliphatic rings. The lowest BCUT2D eigenvalue weighted by molar-refractivity contribution is 0.295. The second kappa shape index (κ2) is 16.0. The molecule has 0 unspecified atom stereocenters. The third-order valence-electron chi connectivity index (χ3n) is 15.1. The van der Waals surface area contributed by atoms with Crippen LogP contribution in [0.1, 0.15) is 0 Å². The van der Waals surface area contributed by atoms with E-state index in [1.165, 1.54) is 10.8 Å². The highest BCUT2D eigenvalue weighted by Crippen LogP contribution is 2.63. The predicted octanol–water partition coefficient (Wildman–Crippen LogP) is 19.1. The van der Waals surface area contributed by atoms with Crippen LogP contribution >= 0.6 is 7.82 Å². The highest BCUT2D eigenvalue weighted by atomic mass is 31.2. The van der Waals surface area contributed by atoms with Crippen LogP contribution < -0.4 is 9.05 Å². The van der Waals surface area contributed by atoms with E-state index in [4.69, 9.17) is 9.05 Å². The summed E-state index contributed by atoms with van der Waals surface area (Å²) < 4.78 is 28.7. The largest absolute Gasteiger partial charge is 0.584 e. The minimum atomic E-state index is -4.95. The molecule has 1 N–H and O–H groups in total. The first-order valence-corrected chi connectivity index (χ1v) is 26.2. The quantitative estimate of drug-likeness (QED) is 0.141. The van der Waals surface area contributed by atoms with Crippen LogP contribution in [0.15, 0.2) is 243 Å². The second-order valence-electron chi connectivity index (χ2n) is 19.2. The van der Waals surface area contributed by atoms with Gasteiger partial charge in [0.1, 0.15) is 11.5 Å². The van der Waals surface area contributed by atoms with Gasteiger partial charge in [0, 0.05) is 33.4 Å². The lowest BCUT2D eigenvalue weighted by Crippen LogP contribution is -2.01. The molecule has 0 atom stereocenters. The molecule has 0 bridgehead atoms. The van der Waals surface area contributed by atoms with Crippen LogP contribution in [0.3, 0.4) is 0 Å². The van der Waals surface area contributed by atoms with E-state index in [9.17, 15) is 4.89 Å². The van der Waals surface area contributed by atoms with E-state index in [1.54, 1.807) is 0 Å². The van der Waals surface area contributed by atoms with Gasteiger partial charge in [0.05, 0.1) is 0 Å². The third kappa shape index (κ3) is 6.41. The summed E-state index contributed by atoms with van der Waals surface area (Å²) in [5, 5.41) is 16.6. The molecule has 0 saturated heterocycles. The number of phosphoric acid groups is 1.